The maximum absolute atomic E-state index is 12.1. The summed E-state index contributed by atoms with van der Waals surface area (Å²) in [4.78, 5) is 23.5. The molecule has 0 amide bonds. The summed E-state index contributed by atoms with van der Waals surface area (Å²) in [6.07, 6.45) is 3.29. The highest BCUT2D eigenvalue weighted by molar-refractivity contribution is 5.84. The molecule has 0 heterocycles. The van der Waals surface area contributed by atoms with E-state index in [2.05, 4.69) is 0 Å². The maximum Gasteiger partial charge on any atom is 0.310 e. The molecule has 4 heteroatoms. The minimum Gasteiger partial charge on any atom is -0.497 e. The fourth-order valence-electron chi connectivity index (χ4n) is 3.59. The summed E-state index contributed by atoms with van der Waals surface area (Å²) in [7, 11) is 1.63. The third kappa shape index (κ3) is 3.79. The van der Waals surface area contributed by atoms with Crippen molar-refractivity contribution < 1.29 is 19.4 Å². The molecule has 2 aromatic carbocycles. The number of rotatable bonds is 6. The van der Waals surface area contributed by atoms with Crippen LogP contribution in [0.25, 0.3) is 11.1 Å². The van der Waals surface area contributed by atoms with Crippen LogP contribution in [0.2, 0.25) is 0 Å². The molecule has 1 N–H and O–H groups in total. The molecule has 0 saturated heterocycles. The lowest BCUT2D eigenvalue weighted by Crippen LogP contribution is -2.11. The van der Waals surface area contributed by atoms with E-state index in [0.717, 1.165) is 40.8 Å². The molecule has 0 radical (unpaired) electrons. The zero-order valence-electron chi connectivity index (χ0n) is 15.2. The summed E-state index contributed by atoms with van der Waals surface area (Å²) in [5.74, 6) is -0.224. The predicted octanol–water partition coefficient (Wildman–Crippen LogP) is 4.46. The van der Waals surface area contributed by atoms with Gasteiger partial charge in [-0.2, -0.15) is 0 Å². The van der Waals surface area contributed by atoms with Crippen LogP contribution in [0.3, 0.4) is 0 Å². The number of carboxylic acids is 1. The van der Waals surface area contributed by atoms with Gasteiger partial charge in [0.05, 0.1) is 13.0 Å². The maximum atomic E-state index is 12.1. The van der Waals surface area contributed by atoms with Crippen molar-refractivity contribution >= 4 is 11.8 Å². The van der Waals surface area contributed by atoms with Crippen molar-refractivity contribution in [3.63, 3.8) is 0 Å². The predicted molar refractivity (Wildman–Crippen MR) is 101 cm³/mol. The molecule has 4 nitrogen and oxygen atoms in total. The van der Waals surface area contributed by atoms with Crippen LogP contribution in [0.4, 0.5) is 0 Å². The smallest absolute Gasteiger partial charge is 0.310 e. The Morgan fingerprint density at radius 1 is 1.23 bits per heavy atom. The zero-order chi connectivity index (χ0) is 18.7. The van der Waals surface area contributed by atoms with E-state index in [1.165, 1.54) is 0 Å². The normalized spacial score (nSPS) is 17.9. The van der Waals surface area contributed by atoms with Gasteiger partial charge < -0.3 is 9.84 Å². The minimum absolute atomic E-state index is 0.0785. The monoisotopic (exact) mass is 352 g/mol. The second kappa shape index (κ2) is 7.73. The Labute approximate surface area is 153 Å². The lowest BCUT2D eigenvalue weighted by molar-refractivity contribution is -0.138. The summed E-state index contributed by atoms with van der Waals surface area (Å²) >= 11 is 0. The van der Waals surface area contributed by atoms with Crippen LogP contribution in [0, 0.1) is 5.92 Å². The Bertz CT molecular complexity index is 807. The second-order valence-electron chi connectivity index (χ2n) is 6.96. The molecule has 1 saturated carbocycles. The number of Topliss-reactive ketones (excluding diaryl/α,β-unsaturated/α-hetero) is 1. The molecule has 0 bridgehead atoms. The van der Waals surface area contributed by atoms with Crippen molar-refractivity contribution in [1.82, 2.24) is 0 Å². The van der Waals surface area contributed by atoms with Gasteiger partial charge in [-0.25, -0.2) is 0 Å². The molecular formula is C22H24O4. The van der Waals surface area contributed by atoms with E-state index in [4.69, 9.17) is 4.74 Å². The number of hydrogen-bond acceptors (Lipinski definition) is 3. The van der Waals surface area contributed by atoms with Crippen LogP contribution in [-0.2, 0) is 16.0 Å². The highest BCUT2D eigenvalue weighted by Crippen LogP contribution is 2.33. The molecule has 0 aromatic heterocycles. The van der Waals surface area contributed by atoms with Crippen LogP contribution < -0.4 is 4.74 Å². The van der Waals surface area contributed by atoms with Gasteiger partial charge in [-0.3, -0.25) is 9.59 Å². The van der Waals surface area contributed by atoms with Crippen molar-refractivity contribution in [2.45, 2.75) is 38.5 Å². The van der Waals surface area contributed by atoms with Crippen LogP contribution in [0.5, 0.6) is 5.75 Å². The molecule has 2 atom stereocenters. The molecule has 1 aliphatic rings. The molecular weight excluding hydrogens is 328 g/mol. The number of ketones is 1. The first kappa shape index (κ1) is 18.2. The number of carboxylic acid groups (broad SMARTS) is 1. The fourth-order valence-corrected chi connectivity index (χ4v) is 3.59. The molecule has 0 spiro atoms. The van der Waals surface area contributed by atoms with Gasteiger partial charge in [0.2, 0.25) is 0 Å². The number of aliphatic carboxylic acids is 1. The molecule has 1 aliphatic carbocycles. The summed E-state index contributed by atoms with van der Waals surface area (Å²) in [5, 5.41) is 9.34. The van der Waals surface area contributed by atoms with Crippen molar-refractivity contribution in [2.24, 2.45) is 5.92 Å². The minimum atomic E-state index is -0.843. The number of ether oxygens (including phenoxy) is 1. The first-order valence-electron chi connectivity index (χ1n) is 9.02. The van der Waals surface area contributed by atoms with Gasteiger partial charge in [0, 0.05) is 12.3 Å². The molecule has 2 aromatic rings. The molecule has 0 aliphatic heterocycles. The van der Waals surface area contributed by atoms with Crippen molar-refractivity contribution in [2.75, 3.05) is 7.11 Å². The SMILES string of the molecule is COc1ccc(-c2cc(C(C)C(=O)O)ccc2CC2CCCC2=O)cc1. The van der Waals surface area contributed by atoms with Gasteiger partial charge in [-0.1, -0.05) is 30.3 Å². The van der Waals surface area contributed by atoms with Crippen LogP contribution >= 0.6 is 0 Å². The van der Waals surface area contributed by atoms with E-state index in [0.29, 0.717) is 18.6 Å². The molecule has 2 unspecified atom stereocenters. The van der Waals surface area contributed by atoms with E-state index >= 15 is 0 Å². The van der Waals surface area contributed by atoms with Gasteiger partial charge in [-0.15, -0.1) is 0 Å². The Balaban J connectivity index is 2.01. The zero-order valence-corrected chi connectivity index (χ0v) is 15.2. The fraction of sp³-hybridized carbons (Fsp3) is 0.364. The highest BCUT2D eigenvalue weighted by Gasteiger charge is 2.26. The quantitative estimate of drug-likeness (QED) is 0.833. The topological polar surface area (TPSA) is 63.6 Å². The van der Waals surface area contributed by atoms with Gasteiger partial charge in [0.15, 0.2) is 0 Å². The standard InChI is InChI=1S/C22H24O4/c1-14(22(24)25)16-6-7-17(12-18-4-3-5-21(18)23)20(13-16)15-8-10-19(26-2)11-9-15/h6-11,13-14,18H,3-5,12H2,1-2H3,(H,24,25). The number of carbonyl (C=O) groups excluding carboxylic acids is 1. The number of benzene rings is 2. The third-order valence-corrected chi connectivity index (χ3v) is 5.30. The van der Waals surface area contributed by atoms with E-state index in [1.807, 2.05) is 42.5 Å². The van der Waals surface area contributed by atoms with Crippen LogP contribution in [0.1, 0.15) is 43.2 Å². The lowest BCUT2D eigenvalue weighted by atomic mass is 9.88. The highest BCUT2D eigenvalue weighted by atomic mass is 16.5. The van der Waals surface area contributed by atoms with Gasteiger partial charge in [-0.05, 0) is 60.6 Å². The summed E-state index contributed by atoms with van der Waals surface area (Å²) in [5.41, 5.74) is 3.87. The van der Waals surface area contributed by atoms with Crippen molar-refractivity contribution in [1.29, 1.82) is 0 Å². The van der Waals surface area contributed by atoms with E-state index < -0.39 is 11.9 Å². The molecule has 136 valence electrons. The Morgan fingerprint density at radius 2 is 1.96 bits per heavy atom. The van der Waals surface area contributed by atoms with Gasteiger partial charge >= 0.3 is 5.97 Å². The van der Waals surface area contributed by atoms with Gasteiger partial charge in [0.25, 0.3) is 0 Å². The summed E-state index contributed by atoms with van der Waals surface area (Å²) in [6, 6.07) is 13.6. The first-order valence-corrected chi connectivity index (χ1v) is 9.02. The Hall–Kier alpha value is -2.62. The Kier molecular flexibility index (Phi) is 5.40. The third-order valence-electron chi connectivity index (χ3n) is 5.30. The van der Waals surface area contributed by atoms with Gasteiger partial charge in [0.1, 0.15) is 11.5 Å². The summed E-state index contributed by atoms with van der Waals surface area (Å²) in [6.45, 7) is 1.69. The number of carbonyl (C=O) groups is 2. The lowest BCUT2D eigenvalue weighted by Gasteiger charge is -2.17. The number of methoxy groups -OCH3 is 1. The largest absolute Gasteiger partial charge is 0.497 e. The summed E-state index contributed by atoms with van der Waals surface area (Å²) < 4.78 is 5.23. The van der Waals surface area contributed by atoms with Crippen LogP contribution in [-0.4, -0.2) is 24.0 Å². The van der Waals surface area contributed by atoms with Crippen molar-refractivity contribution in [3.8, 4) is 16.9 Å². The molecule has 1 fully saturated rings. The second-order valence-corrected chi connectivity index (χ2v) is 6.96. The Morgan fingerprint density at radius 3 is 2.54 bits per heavy atom. The van der Waals surface area contributed by atoms with E-state index in [1.54, 1.807) is 14.0 Å². The van der Waals surface area contributed by atoms with Crippen molar-refractivity contribution in [3.05, 3.63) is 53.6 Å². The van der Waals surface area contributed by atoms with Crippen LogP contribution in [0.15, 0.2) is 42.5 Å². The van der Waals surface area contributed by atoms with E-state index in [-0.39, 0.29) is 5.92 Å². The molecule has 26 heavy (non-hydrogen) atoms. The average Bonchev–Trinajstić information content (AvgIpc) is 3.06. The molecule has 3 rings (SSSR count). The first-order chi connectivity index (χ1) is 12.5. The number of hydrogen-bond donors (Lipinski definition) is 1. The van der Waals surface area contributed by atoms with E-state index in [9.17, 15) is 14.7 Å². The average molecular weight is 352 g/mol.